The van der Waals surface area contributed by atoms with E-state index < -0.39 is 0 Å². The highest BCUT2D eigenvalue weighted by molar-refractivity contribution is 5.81. The quantitative estimate of drug-likeness (QED) is 0.864. The molecular weight excluding hydrogens is 314 g/mol. The number of ether oxygens (including phenoxy) is 1. The van der Waals surface area contributed by atoms with Crippen LogP contribution in [0, 0.1) is 23.2 Å². The second-order valence-electron chi connectivity index (χ2n) is 7.15. The van der Waals surface area contributed by atoms with E-state index in [1.54, 1.807) is 7.11 Å². The molecule has 0 spiro atoms. The van der Waals surface area contributed by atoms with Crippen LogP contribution in [0.25, 0.3) is 0 Å². The maximum Gasteiger partial charge on any atom is 0.225 e. The van der Waals surface area contributed by atoms with E-state index in [2.05, 4.69) is 23.2 Å². The van der Waals surface area contributed by atoms with Crippen LogP contribution in [-0.2, 0) is 11.3 Å². The van der Waals surface area contributed by atoms with Gasteiger partial charge >= 0.3 is 0 Å². The van der Waals surface area contributed by atoms with E-state index in [0.717, 1.165) is 50.9 Å². The first-order valence-corrected chi connectivity index (χ1v) is 9.25. The smallest absolute Gasteiger partial charge is 0.225 e. The molecule has 0 bridgehead atoms. The molecule has 1 aromatic rings. The number of likely N-dealkylation sites (tertiary alicyclic amines) is 1. The van der Waals surface area contributed by atoms with Gasteiger partial charge in [-0.2, -0.15) is 5.26 Å². The van der Waals surface area contributed by atoms with Crippen molar-refractivity contribution in [2.24, 2.45) is 11.8 Å². The minimum atomic E-state index is 0.311. The molecule has 2 atom stereocenters. The molecule has 1 aromatic carbocycles. The Bertz CT molecular complexity index is 663. The van der Waals surface area contributed by atoms with E-state index in [0.29, 0.717) is 35.1 Å². The van der Waals surface area contributed by atoms with E-state index >= 15 is 0 Å². The zero-order valence-corrected chi connectivity index (χ0v) is 15.1. The molecule has 1 aliphatic carbocycles. The van der Waals surface area contributed by atoms with Crippen LogP contribution in [0.4, 0.5) is 0 Å². The second kappa shape index (κ2) is 7.88. The van der Waals surface area contributed by atoms with Gasteiger partial charge in [0.25, 0.3) is 0 Å². The SMILES string of the molecule is CC[C@H]1CN(C(=O)C2CC2)CC[C@@H]1NCc1ccc(OC)c(C#N)c1. The molecule has 1 saturated heterocycles. The molecule has 5 nitrogen and oxygen atoms in total. The summed E-state index contributed by atoms with van der Waals surface area (Å²) < 4.78 is 5.20. The average molecular weight is 341 g/mol. The van der Waals surface area contributed by atoms with Gasteiger partial charge in [0.15, 0.2) is 0 Å². The highest BCUT2D eigenvalue weighted by Gasteiger charge is 2.37. The molecule has 2 fully saturated rings. The largest absolute Gasteiger partial charge is 0.495 e. The molecule has 1 aliphatic heterocycles. The Morgan fingerprint density at radius 1 is 1.40 bits per heavy atom. The lowest BCUT2D eigenvalue weighted by molar-refractivity contribution is -0.134. The molecule has 25 heavy (non-hydrogen) atoms. The van der Waals surface area contributed by atoms with Crippen LogP contribution in [-0.4, -0.2) is 37.0 Å². The number of carbonyl (C=O) groups is 1. The molecule has 3 rings (SSSR count). The minimum absolute atomic E-state index is 0.311. The third-order valence-corrected chi connectivity index (χ3v) is 5.45. The van der Waals surface area contributed by atoms with Crippen LogP contribution in [0.3, 0.4) is 0 Å². The number of piperidine rings is 1. The van der Waals surface area contributed by atoms with Crippen molar-refractivity contribution in [3.63, 3.8) is 0 Å². The third-order valence-electron chi connectivity index (χ3n) is 5.45. The number of amides is 1. The van der Waals surface area contributed by atoms with Crippen molar-refractivity contribution in [1.29, 1.82) is 5.26 Å². The normalized spacial score (nSPS) is 23.2. The summed E-state index contributed by atoms with van der Waals surface area (Å²) in [6.45, 7) is 4.66. The number of nitriles is 1. The lowest BCUT2D eigenvalue weighted by atomic mass is 9.89. The molecule has 5 heteroatoms. The monoisotopic (exact) mass is 341 g/mol. The van der Waals surface area contributed by atoms with Crippen LogP contribution in [0.15, 0.2) is 18.2 Å². The van der Waals surface area contributed by atoms with E-state index in [1.807, 2.05) is 18.2 Å². The molecule has 1 saturated carbocycles. The van der Waals surface area contributed by atoms with Gasteiger partial charge in [-0.25, -0.2) is 0 Å². The summed E-state index contributed by atoms with van der Waals surface area (Å²) >= 11 is 0. The molecule has 0 aromatic heterocycles. The lowest BCUT2D eigenvalue weighted by Crippen LogP contribution is -2.51. The van der Waals surface area contributed by atoms with E-state index in [9.17, 15) is 10.1 Å². The van der Waals surface area contributed by atoms with Gasteiger partial charge in [-0.1, -0.05) is 19.4 Å². The summed E-state index contributed by atoms with van der Waals surface area (Å²) in [6, 6.07) is 8.34. The van der Waals surface area contributed by atoms with Crippen LogP contribution >= 0.6 is 0 Å². The zero-order valence-electron chi connectivity index (χ0n) is 15.1. The van der Waals surface area contributed by atoms with Crippen molar-refractivity contribution in [3.8, 4) is 11.8 Å². The summed E-state index contributed by atoms with van der Waals surface area (Å²) in [5.41, 5.74) is 1.65. The summed E-state index contributed by atoms with van der Waals surface area (Å²) in [6.07, 6.45) is 4.22. The summed E-state index contributed by atoms with van der Waals surface area (Å²) in [7, 11) is 1.58. The van der Waals surface area contributed by atoms with Crippen LogP contribution < -0.4 is 10.1 Å². The molecule has 1 heterocycles. The number of carbonyl (C=O) groups excluding carboxylic acids is 1. The highest BCUT2D eigenvalue weighted by Crippen LogP contribution is 2.33. The fourth-order valence-electron chi connectivity index (χ4n) is 3.70. The number of nitrogens with zero attached hydrogens (tertiary/aromatic N) is 2. The molecule has 0 radical (unpaired) electrons. The maximum atomic E-state index is 12.3. The van der Waals surface area contributed by atoms with Crippen LogP contribution in [0.5, 0.6) is 5.75 Å². The van der Waals surface area contributed by atoms with Gasteiger partial charge in [-0.15, -0.1) is 0 Å². The molecule has 134 valence electrons. The molecule has 1 N–H and O–H groups in total. The molecular formula is C20H27N3O2. The Hall–Kier alpha value is -2.06. The lowest BCUT2D eigenvalue weighted by Gasteiger charge is -2.39. The fourth-order valence-corrected chi connectivity index (χ4v) is 3.70. The van der Waals surface area contributed by atoms with Gasteiger partial charge in [0, 0.05) is 31.6 Å². The van der Waals surface area contributed by atoms with Gasteiger partial charge in [0.05, 0.1) is 12.7 Å². The first kappa shape index (κ1) is 17.8. The Morgan fingerprint density at radius 2 is 2.20 bits per heavy atom. The first-order valence-electron chi connectivity index (χ1n) is 9.25. The number of nitrogens with one attached hydrogen (secondary N) is 1. The predicted molar refractivity (Wildman–Crippen MR) is 96.0 cm³/mol. The van der Waals surface area contributed by atoms with Gasteiger partial charge in [0.2, 0.25) is 5.91 Å². The van der Waals surface area contributed by atoms with Crippen molar-refractivity contribution < 1.29 is 9.53 Å². The average Bonchev–Trinajstić information content (AvgIpc) is 3.50. The number of hydrogen-bond donors (Lipinski definition) is 1. The molecule has 1 amide bonds. The minimum Gasteiger partial charge on any atom is -0.495 e. The molecule has 0 unspecified atom stereocenters. The first-order chi connectivity index (χ1) is 12.2. The Balaban J connectivity index is 1.57. The molecule has 2 aliphatic rings. The summed E-state index contributed by atoms with van der Waals surface area (Å²) in [5.74, 6) is 1.78. The van der Waals surface area contributed by atoms with E-state index in [4.69, 9.17) is 4.74 Å². The van der Waals surface area contributed by atoms with Gasteiger partial charge < -0.3 is 15.0 Å². The number of rotatable bonds is 6. The summed E-state index contributed by atoms with van der Waals surface area (Å²) in [5, 5.41) is 12.9. The standard InChI is InChI=1S/C20H27N3O2/c1-3-15-13-23(20(24)16-5-6-16)9-8-18(15)22-12-14-4-7-19(25-2)17(10-14)11-21/h4,7,10,15-16,18,22H,3,5-6,8-9,12-13H2,1-2H3/t15-,18-/m0/s1. The number of hydrogen-bond acceptors (Lipinski definition) is 4. The fraction of sp³-hybridized carbons (Fsp3) is 0.600. The highest BCUT2D eigenvalue weighted by atomic mass is 16.5. The summed E-state index contributed by atoms with van der Waals surface area (Å²) in [4.78, 5) is 14.4. The van der Waals surface area contributed by atoms with Crippen molar-refractivity contribution in [3.05, 3.63) is 29.3 Å². The van der Waals surface area contributed by atoms with Crippen molar-refractivity contribution >= 4 is 5.91 Å². The third kappa shape index (κ3) is 4.13. The van der Waals surface area contributed by atoms with Gasteiger partial charge in [-0.3, -0.25) is 4.79 Å². The van der Waals surface area contributed by atoms with Gasteiger partial charge in [-0.05, 0) is 42.9 Å². The second-order valence-corrected chi connectivity index (χ2v) is 7.15. The van der Waals surface area contributed by atoms with Crippen molar-refractivity contribution in [1.82, 2.24) is 10.2 Å². The zero-order chi connectivity index (χ0) is 17.8. The Kier molecular flexibility index (Phi) is 5.60. The van der Waals surface area contributed by atoms with Crippen LogP contribution in [0.1, 0.15) is 43.7 Å². The Morgan fingerprint density at radius 3 is 2.84 bits per heavy atom. The van der Waals surface area contributed by atoms with E-state index in [-0.39, 0.29) is 0 Å². The number of methoxy groups -OCH3 is 1. The maximum absolute atomic E-state index is 12.3. The van der Waals surface area contributed by atoms with E-state index in [1.165, 1.54) is 0 Å². The predicted octanol–water partition coefficient (Wildman–Crippen LogP) is 2.69. The Labute approximate surface area is 150 Å². The van der Waals surface area contributed by atoms with Crippen LogP contribution in [0.2, 0.25) is 0 Å². The topological polar surface area (TPSA) is 65.4 Å². The van der Waals surface area contributed by atoms with Gasteiger partial charge in [0.1, 0.15) is 11.8 Å². The van der Waals surface area contributed by atoms with Crippen molar-refractivity contribution in [2.75, 3.05) is 20.2 Å². The number of benzene rings is 1. The van der Waals surface area contributed by atoms with Crippen molar-refractivity contribution in [2.45, 2.75) is 45.2 Å².